The van der Waals surface area contributed by atoms with Crippen LogP contribution in [0.1, 0.15) is 5.56 Å². The maximum Gasteiger partial charge on any atom is 0.417 e. The van der Waals surface area contributed by atoms with Gasteiger partial charge in [0.2, 0.25) is 22.7 Å². The number of hydrogen-bond donors (Lipinski definition) is 1. The Labute approximate surface area is 169 Å². The Balaban J connectivity index is 1.74. The number of anilines is 1. The van der Waals surface area contributed by atoms with Gasteiger partial charge in [0.1, 0.15) is 0 Å². The van der Waals surface area contributed by atoms with Crippen LogP contribution in [0, 0.1) is 0 Å². The van der Waals surface area contributed by atoms with Gasteiger partial charge in [-0.25, -0.2) is 8.42 Å². The van der Waals surface area contributed by atoms with E-state index in [1.165, 1.54) is 12.1 Å². The molecule has 1 aliphatic heterocycles. The molecule has 1 N–H and O–H groups in total. The number of fused-ring (bicyclic) bond motifs is 1. The number of ether oxygens (including phenoxy) is 2. The number of alkyl halides is 3. The molecule has 0 fully saturated rings. The zero-order valence-electron chi connectivity index (χ0n) is 14.8. The number of nitrogens with zero attached hydrogens (tertiary/aromatic N) is 1. The predicted molar refractivity (Wildman–Crippen MR) is 97.5 cm³/mol. The van der Waals surface area contributed by atoms with Crippen LogP contribution < -0.4 is 14.8 Å². The molecule has 1 heterocycles. The van der Waals surface area contributed by atoms with Crippen molar-refractivity contribution in [3.05, 3.63) is 47.0 Å². The van der Waals surface area contributed by atoms with Crippen LogP contribution in [0.3, 0.4) is 0 Å². The highest BCUT2D eigenvalue weighted by molar-refractivity contribution is 7.89. The highest BCUT2D eigenvalue weighted by Crippen LogP contribution is 2.36. The van der Waals surface area contributed by atoms with E-state index < -0.39 is 44.1 Å². The maximum absolute atomic E-state index is 13.0. The second-order valence-electron chi connectivity index (χ2n) is 6.02. The fourth-order valence-electron chi connectivity index (χ4n) is 2.52. The minimum Gasteiger partial charge on any atom is -0.454 e. The minimum absolute atomic E-state index is 0.0503. The standard InChI is InChI=1S/C17H14ClF3N2O5S/c1-23(8-16(24)22-10-2-5-14-15(6-10)28-9-27-14)29(25,26)11-3-4-13(18)12(7-11)17(19,20)21/h2-7H,8-9H2,1H3,(H,22,24). The van der Waals surface area contributed by atoms with Crippen molar-refractivity contribution in [3.8, 4) is 11.5 Å². The largest absolute Gasteiger partial charge is 0.454 e. The molecule has 0 bridgehead atoms. The lowest BCUT2D eigenvalue weighted by Crippen LogP contribution is -2.35. The zero-order chi connectivity index (χ0) is 21.4. The molecular weight excluding hydrogens is 437 g/mol. The number of benzene rings is 2. The van der Waals surface area contributed by atoms with E-state index in [0.29, 0.717) is 27.6 Å². The van der Waals surface area contributed by atoms with Crippen LogP contribution in [-0.4, -0.2) is 39.0 Å². The minimum atomic E-state index is -4.82. The normalized spacial score (nSPS) is 13.6. The van der Waals surface area contributed by atoms with Crippen LogP contribution in [0.15, 0.2) is 41.3 Å². The third-order valence-electron chi connectivity index (χ3n) is 3.97. The summed E-state index contributed by atoms with van der Waals surface area (Å²) in [5, 5.41) is 1.86. The lowest BCUT2D eigenvalue weighted by molar-refractivity contribution is -0.137. The van der Waals surface area contributed by atoms with Crippen molar-refractivity contribution in [2.24, 2.45) is 0 Å². The second kappa shape index (κ2) is 7.73. The number of sulfonamides is 1. The first-order valence-corrected chi connectivity index (χ1v) is 9.83. The molecule has 2 aromatic carbocycles. The van der Waals surface area contributed by atoms with Crippen LogP contribution in [0.4, 0.5) is 18.9 Å². The van der Waals surface area contributed by atoms with Gasteiger partial charge < -0.3 is 14.8 Å². The molecule has 156 valence electrons. The van der Waals surface area contributed by atoms with Gasteiger partial charge in [-0.1, -0.05) is 11.6 Å². The number of carbonyl (C=O) groups is 1. The number of carbonyl (C=O) groups excluding carboxylic acids is 1. The van der Waals surface area contributed by atoms with Crippen molar-refractivity contribution in [1.82, 2.24) is 4.31 Å². The SMILES string of the molecule is CN(CC(=O)Nc1ccc2c(c1)OCO2)S(=O)(=O)c1ccc(Cl)c(C(F)(F)F)c1. The first-order valence-electron chi connectivity index (χ1n) is 8.01. The Morgan fingerprint density at radius 2 is 1.86 bits per heavy atom. The van der Waals surface area contributed by atoms with Gasteiger partial charge in [-0.3, -0.25) is 4.79 Å². The molecule has 7 nitrogen and oxygen atoms in total. The van der Waals surface area contributed by atoms with E-state index in [1.807, 2.05) is 0 Å². The van der Waals surface area contributed by atoms with E-state index in [2.05, 4.69) is 5.32 Å². The summed E-state index contributed by atoms with van der Waals surface area (Å²) in [5.41, 5.74) is -0.936. The summed E-state index contributed by atoms with van der Waals surface area (Å²) < 4.78 is 75.1. The molecule has 29 heavy (non-hydrogen) atoms. The number of nitrogens with one attached hydrogen (secondary N) is 1. The molecule has 1 aliphatic rings. The van der Waals surface area contributed by atoms with Gasteiger partial charge in [0.05, 0.1) is 22.0 Å². The molecule has 2 aromatic rings. The molecule has 0 atom stereocenters. The summed E-state index contributed by atoms with van der Waals surface area (Å²) in [6.45, 7) is -0.574. The number of halogens is 4. The Kier molecular flexibility index (Phi) is 5.65. The molecule has 1 amide bonds. The third kappa shape index (κ3) is 4.57. The van der Waals surface area contributed by atoms with Gasteiger partial charge in [-0.05, 0) is 30.3 Å². The van der Waals surface area contributed by atoms with E-state index in [4.69, 9.17) is 21.1 Å². The summed E-state index contributed by atoms with van der Waals surface area (Å²) in [5.74, 6) is 0.232. The average molecular weight is 451 g/mol. The average Bonchev–Trinajstić information content (AvgIpc) is 3.08. The van der Waals surface area contributed by atoms with Gasteiger partial charge in [-0.2, -0.15) is 17.5 Å². The van der Waals surface area contributed by atoms with E-state index in [0.717, 1.165) is 19.2 Å². The molecule has 0 aliphatic carbocycles. The van der Waals surface area contributed by atoms with Crippen LogP contribution in [0.2, 0.25) is 5.02 Å². The quantitative estimate of drug-likeness (QED) is 0.755. The lowest BCUT2D eigenvalue weighted by atomic mass is 10.2. The van der Waals surface area contributed by atoms with Gasteiger partial charge in [0, 0.05) is 18.8 Å². The smallest absolute Gasteiger partial charge is 0.417 e. The van der Waals surface area contributed by atoms with E-state index in [9.17, 15) is 26.4 Å². The molecule has 0 radical (unpaired) electrons. The third-order valence-corrected chi connectivity index (χ3v) is 6.10. The Hall–Kier alpha value is -2.50. The van der Waals surface area contributed by atoms with Gasteiger partial charge >= 0.3 is 6.18 Å². The maximum atomic E-state index is 13.0. The summed E-state index contributed by atoms with van der Waals surface area (Å²) >= 11 is 5.51. The molecule has 3 rings (SSSR count). The van der Waals surface area contributed by atoms with Crippen molar-refractivity contribution in [2.45, 2.75) is 11.1 Å². The van der Waals surface area contributed by atoms with Crippen LogP contribution in [0.25, 0.3) is 0 Å². The molecule has 0 aromatic heterocycles. The van der Waals surface area contributed by atoms with Crippen LogP contribution in [-0.2, 0) is 21.0 Å². The van der Waals surface area contributed by atoms with Crippen molar-refractivity contribution in [2.75, 3.05) is 25.7 Å². The molecule has 0 saturated carbocycles. The molecule has 12 heteroatoms. The van der Waals surface area contributed by atoms with Crippen molar-refractivity contribution in [3.63, 3.8) is 0 Å². The van der Waals surface area contributed by atoms with E-state index in [-0.39, 0.29) is 6.79 Å². The van der Waals surface area contributed by atoms with E-state index >= 15 is 0 Å². The van der Waals surface area contributed by atoms with Crippen molar-refractivity contribution in [1.29, 1.82) is 0 Å². The molecule has 0 saturated heterocycles. The topological polar surface area (TPSA) is 84.9 Å². The van der Waals surface area contributed by atoms with Gasteiger partial charge in [0.15, 0.2) is 11.5 Å². The highest BCUT2D eigenvalue weighted by Gasteiger charge is 2.35. The monoisotopic (exact) mass is 450 g/mol. The number of likely N-dealkylation sites (N-methyl/N-ethyl adjacent to an activating group) is 1. The summed E-state index contributed by atoms with van der Waals surface area (Å²) in [6.07, 6.45) is -4.82. The summed E-state index contributed by atoms with van der Waals surface area (Å²) in [7, 11) is -3.29. The van der Waals surface area contributed by atoms with E-state index in [1.54, 1.807) is 6.07 Å². The number of rotatable bonds is 5. The number of hydrogen-bond acceptors (Lipinski definition) is 5. The summed E-state index contributed by atoms with van der Waals surface area (Å²) in [6, 6.07) is 6.84. The Bertz CT molecular complexity index is 1060. The second-order valence-corrected chi connectivity index (χ2v) is 8.47. The predicted octanol–water partition coefficient (Wildman–Crippen LogP) is 3.35. The fraction of sp³-hybridized carbons (Fsp3) is 0.235. The highest BCUT2D eigenvalue weighted by atomic mass is 35.5. The first kappa shape index (κ1) is 21.2. The van der Waals surface area contributed by atoms with Crippen LogP contribution in [0.5, 0.6) is 11.5 Å². The first-order chi connectivity index (χ1) is 13.5. The zero-order valence-corrected chi connectivity index (χ0v) is 16.4. The fourth-order valence-corrected chi connectivity index (χ4v) is 3.90. The molecule has 0 spiro atoms. The number of amides is 1. The van der Waals surface area contributed by atoms with Gasteiger partial charge in [-0.15, -0.1) is 0 Å². The lowest BCUT2D eigenvalue weighted by Gasteiger charge is -2.18. The van der Waals surface area contributed by atoms with Crippen molar-refractivity contribution < 1.29 is 35.9 Å². The molecule has 0 unspecified atom stereocenters. The van der Waals surface area contributed by atoms with Crippen LogP contribution >= 0.6 is 11.6 Å². The van der Waals surface area contributed by atoms with Gasteiger partial charge in [0.25, 0.3) is 0 Å². The Morgan fingerprint density at radius 3 is 2.55 bits per heavy atom. The molecular formula is C17H14ClF3N2O5S. The summed E-state index contributed by atoms with van der Waals surface area (Å²) in [4.78, 5) is 11.6. The Morgan fingerprint density at radius 1 is 1.17 bits per heavy atom. The van der Waals surface area contributed by atoms with Crippen molar-refractivity contribution >= 4 is 33.2 Å².